The first-order valence-corrected chi connectivity index (χ1v) is 13.9. The monoisotopic (exact) mass is 598 g/mol. The molecule has 7 rings (SSSR count). The third-order valence-electron chi connectivity index (χ3n) is 7.04. The molecule has 0 saturated carbocycles. The highest BCUT2D eigenvalue weighted by molar-refractivity contribution is 9.12. The lowest BCUT2D eigenvalue weighted by molar-refractivity contribution is 0.414. The maximum atomic E-state index is 5.52. The molecule has 0 radical (unpaired) electrons. The SMILES string of the molecule is COc1cccc(C2=C3C=CC(=N3)C=C3C=C(Br)C(=N3)C(c3cccc(OC)c3)=C3C=CC(=N3)C=C3C=CC2=N3)c1. The zero-order valence-corrected chi connectivity index (χ0v) is 23.9. The van der Waals surface area contributed by atoms with Crippen molar-refractivity contribution >= 4 is 49.9 Å². The fraction of sp³-hybridized carbons (Fsp3) is 0.0588. The van der Waals surface area contributed by atoms with Crippen molar-refractivity contribution in [1.29, 1.82) is 0 Å². The topological polar surface area (TPSA) is 67.9 Å². The zero-order chi connectivity index (χ0) is 27.9. The Labute approximate surface area is 246 Å². The molecule has 0 amide bonds. The molecular weight excluding hydrogens is 576 g/mol. The number of allylic oxidation sites excluding steroid dienone is 12. The fourth-order valence-corrected chi connectivity index (χ4v) is 5.67. The van der Waals surface area contributed by atoms with Gasteiger partial charge in [0.25, 0.3) is 0 Å². The number of ether oxygens (including phenoxy) is 2. The number of aliphatic imine (C=N–C) groups is 4. The lowest BCUT2D eigenvalue weighted by Gasteiger charge is -2.12. The van der Waals surface area contributed by atoms with Crippen molar-refractivity contribution in [3.8, 4) is 11.5 Å². The molecule has 0 fully saturated rings. The largest absolute Gasteiger partial charge is 0.497 e. The van der Waals surface area contributed by atoms with Gasteiger partial charge in [-0.1, -0.05) is 24.3 Å². The average Bonchev–Trinajstić information content (AvgIpc) is 3.80. The van der Waals surface area contributed by atoms with Gasteiger partial charge in [0, 0.05) is 15.6 Å². The molecule has 198 valence electrons. The van der Waals surface area contributed by atoms with Gasteiger partial charge < -0.3 is 9.47 Å². The maximum absolute atomic E-state index is 5.52. The van der Waals surface area contributed by atoms with E-state index in [1.165, 1.54) is 0 Å². The molecule has 2 aromatic rings. The van der Waals surface area contributed by atoms with E-state index >= 15 is 0 Å². The van der Waals surface area contributed by atoms with E-state index in [1.54, 1.807) is 14.2 Å². The number of rotatable bonds is 4. The number of halogens is 1. The highest BCUT2D eigenvalue weighted by Crippen LogP contribution is 2.37. The van der Waals surface area contributed by atoms with E-state index in [0.29, 0.717) is 0 Å². The van der Waals surface area contributed by atoms with Crippen molar-refractivity contribution in [3.63, 3.8) is 0 Å². The lowest BCUT2D eigenvalue weighted by Crippen LogP contribution is -2.03. The summed E-state index contributed by atoms with van der Waals surface area (Å²) in [4.78, 5) is 20.0. The third-order valence-corrected chi connectivity index (χ3v) is 7.64. The van der Waals surface area contributed by atoms with E-state index in [0.717, 1.165) is 83.9 Å². The molecule has 0 unspecified atom stereocenters. The molecule has 0 saturated heterocycles. The molecule has 5 heterocycles. The van der Waals surface area contributed by atoms with E-state index in [-0.39, 0.29) is 0 Å². The number of nitrogens with zero attached hydrogens (tertiary/aromatic N) is 4. The summed E-state index contributed by atoms with van der Waals surface area (Å²) >= 11 is 3.77. The van der Waals surface area contributed by atoms with E-state index in [1.807, 2.05) is 97.1 Å². The van der Waals surface area contributed by atoms with Crippen LogP contribution in [-0.2, 0) is 0 Å². The fourth-order valence-electron chi connectivity index (χ4n) is 5.15. The van der Waals surface area contributed by atoms with E-state index in [4.69, 9.17) is 29.4 Å². The van der Waals surface area contributed by atoms with Gasteiger partial charge in [0.05, 0.1) is 59.9 Å². The summed E-state index contributed by atoms with van der Waals surface area (Å²) in [6.45, 7) is 0. The van der Waals surface area contributed by atoms with E-state index < -0.39 is 0 Å². The third kappa shape index (κ3) is 4.74. The molecule has 41 heavy (non-hydrogen) atoms. The van der Waals surface area contributed by atoms with Crippen LogP contribution >= 0.6 is 15.9 Å². The van der Waals surface area contributed by atoms with Crippen molar-refractivity contribution < 1.29 is 9.47 Å². The first-order chi connectivity index (χ1) is 20.1. The van der Waals surface area contributed by atoms with Crippen LogP contribution in [0.15, 0.2) is 150 Å². The first kappa shape index (κ1) is 25.1. The zero-order valence-electron chi connectivity index (χ0n) is 22.3. The van der Waals surface area contributed by atoms with Gasteiger partial charge in [0.15, 0.2) is 0 Å². The van der Waals surface area contributed by atoms with Crippen LogP contribution in [0.4, 0.5) is 0 Å². The van der Waals surface area contributed by atoms with E-state index in [2.05, 4.69) is 22.0 Å². The van der Waals surface area contributed by atoms with Crippen LogP contribution in [0.2, 0.25) is 0 Å². The van der Waals surface area contributed by atoms with Gasteiger partial charge in [0.1, 0.15) is 11.5 Å². The van der Waals surface area contributed by atoms with Crippen LogP contribution in [0.3, 0.4) is 0 Å². The Balaban J connectivity index is 1.45. The van der Waals surface area contributed by atoms with Gasteiger partial charge in [-0.15, -0.1) is 0 Å². The van der Waals surface area contributed by atoms with Crippen molar-refractivity contribution in [3.05, 3.63) is 142 Å². The smallest absolute Gasteiger partial charge is 0.119 e. The number of methoxy groups -OCH3 is 2. The average molecular weight is 599 g/mol. The molecule has 7 heteroatoms. The van der Waals surface area contributed by atoms with Crippen LogP contribution in [0, 0.1) is 0 Å². The van der Waals surface area contributed by atoms with Crippen LogP contribution in [0.5, 0.6) is 11.5 Å². The summed E-state index contributed by atoms with van der Waals surface area (Å²) in [7, 11) is 3.34. The first-order valence-electron chi connectivity index (χ1n) is 13.1. The van der Waals surface area contributed by atoms with Crippen molar-refractivity contribution in [1.82, 2.24) is 0 Å². The maximum Gasteiger partial charge on any atom is 0.119 e. The second-order valence-electron chi connectivity index (χ2n) is 9.65. The molecule has 5 aliphatic rings. The van der Waals surface area contributed by atoms with Crippen molar-refractivity contribution in [2.45, 2.75) is 0 Å². The molecule has 8 bridgehead atoms. The van der Waals surface area contributed by atoms with Gasteiger partial charge in [-0.3, -0.25) is 0 Å². The van der Waals surface area contributed by atoms with Gasteiger partial charge in [-0.2, -0.15) is 0 Å². The molecule has 0 spiro atoms. The number of fused-ring (bicyclic) bond motifs is 4. The second kappa shape index (κ2) is 10.3. The lowest BCUT2D eigenvalue weighted by atomic mass is 9.98. The van der Waals surface area contributed by atoms with Crippen LogP contribution in [-0.4, -0.2) is 37.1 Å². The van der Waals surface area contributed by atoms with Gasteiger partial charge in [-0.05, 0) is 106 Å². The highest BCUT2D eigenvalue weighted by atomic mass is 79.9. The molecule has 0 aromatic heterocycles. The predicted octanol–water partition coefficient (Wildman–Crippen LogP) is 7.37. The van der Waals surface area contributed by atoms with Crippen LogP contribution in [0.1, 0.15) is 11.1 Å². The minimum atomic E-state index is 0.764. The van der Waals surface area contributed by atoms with Crippen molar-refractivity contribution in [2.24, 2.45) is 20.0 Å². The number of hydrogen-bond acceptors (Lipinski definition) is 6. The Morgan fingerprint density at radius 2 is 1.20 bits per heavy atom. The van der Waals surface area contributed by atoms with Crippen molar-refractivity contribution in [2.75, 3.05) is 14.2 Å². The standard InChI is InChI=1S/C34H23BrN4O2/c1-40-26-7-3-5-20(15-26)32-29-12-9-22(36-29)17-23-11-14-31(38-23)33(21-6-4-8-27(16-21)41-2)34-28(35)19-25(39-34)18-24-10-13-30(32)37-24/h3-19H,1-2H3. The van der Waals surface area contributed by atoms with Crippen LogP contribution in [0.25, 0.3) is 11.1 Å². The van der Waals surface area contributed by atoms with Gasteiger partial charge in [-0.25, -0.2) is 20.0 Å². The molecule has 0 aliphatic carbocycles. The minimum absolute atomic E-state index is 0.764. The summed E-state index contributed by atoms with van der Waals surface area (Å²) in [6.07, 6.45) is 18.1. The quantitative estimate of drug-likeness (QED) is 0.368. The Morgan fingerprint density at radius 3 is 1.85 bits per heavy atom. The molecule has 0 atom stereocenters. The van der Waals surface area contributed by atoms with E-state index in [9.17, 15) is 0 Å². The second-order valence-corrected chi connectivity index (χ2v) is 10.5. The van der Waals surface area contributed by atoms with Gasteiger partial charge >= 0.3 is 0 Å². The molecule has 0 N–H and O–H groups in total. The summed E-state index contributed by atoms with van der Waals surface area (Å²) in [5.74, 6) is 1.54. The Bertz CT molecular complexity index is 1900. The summed E-state index contributed by atoms with van der Waals surface area (Å²) in [5.41, 5.74) is 10.2. The summed E-state index contributed by atoms with van der Waals surface area (Å²) in [6, 6.07) is 15.9. The Hall–Kier alpha value is -4.88. The predicted molar refractivity (Wildman–Crippen MR) is 170 cm³/mol. The minimum Gasteiger partial charge on any atom is -0.497 e. The Morgan fingerprint density at radius 1 is 0.585 bits per heavy atom. The Kier molecular flexibility index (Phi) is 6.29. The number of benzene rings is 2. The van der Waals surface area contributed by atoms with Crippen LogP contribution < -0.4 is 9.47 Å². The molecular formula is C34H23BrN4O2. The molecule has 5 aliphatic heterocycles. The van der Waals surface area contributed by atoms with Gasteiger partial charge in [0.2, 0.25) is 0 Å². The highest BCUT2D eigenvalue weighted by Gasteiger charge is 2.25. The molecule has 2 aromatic carbocycles. The normalized spacial score (nSPS) is 18.7. The summed E-state index contributed by atoms with van der Waals surface area (Å²) in [5, 5.41) is 0. The summed E-state index contributed by atoms with van der Waals surface area (Å²) < 4.78 is 11.9. The molecule has 6 nitrogen and oxygen atoms in total. The number of hydrogen-bond donors (Lipinski definition) is 0.